The molecule has 0 unspecified atom stereocenters. The van der Waals surface area contributed by atoms with Crippen molar-refractivity contribution in [2.75, 3.05) is 0 Å². The normalized spacial score (nSPS) is 11.1. The minimum Gasteiger partial charge on any atom is -0.282 e. The minimum absolute atomic E-state index is 0.199. The van der Waals surface area contributed by atoms with Gasteiger partial charge in [0.15, 0.2) is 0 Å². The second-order valence-electron chi connectivity index (χ2n) is 2.08. The monoisotopic (exact) mass is 186 g/mol. The highest BCUT2D eigenvalue weighted by atomic mass is 32.2. The molecule has 0 radical (unpaired) electrons. The third-order valence-corrected chi connectivity index (χ3v) is 2.13. The van der Waals surface area contributed by atoms with Crippen molar-refractivity contribution in [3.63, 3.8) is 0 Å². The Balaban J connectivity index is 3.17. The van der Waals surface area contributed by atoms with Crippen LogP contribution >= 0.6 is 0 Å². The molecule has 64 valence electrons. The summed E-state index contributed by atoms with van der Waals surface area (Å²) in [6, 6.07) is 5.03. The van der Waals surface area contributed by atoms with E-state index in [1.54, 1.807) is 0 Å². The molecule has 0 heterocycles. The van der Waals surface area contributed by atoms with Crippen LogP contribution in [0.5, 0.6) is 0 Å². The van der Waals surface area contributed by atoms with E-state index in [-0.39, 0.29) is 4.90 Å². The van der Waals surface area contributed by atoms with Crippen molar-refractivity contribution in [3.05, 3.63) is 24.3 Å². The van der Waals surface area contributed by atoms with Crippen LogP contribution in [0.4, 0.5) is 5.69 Å². The Labute approximate surface area is 69.3 Å². The molecular formula is C6H6N2O3S. The molecule has 12 heavy (non-hydrogen) atoms. The molecular weight excluding hydrogens is 180 g/mol. The predicted octanol–water partition coefficient (Wildman–Crippen LogP) is 1.60. The van der Waals surface area contributed by atoms with Crippen LogP contribution in [0.3, 0.4) is 0 Å². The van der Waals surface area contributed by atoms with Crippen LogP contribution in [-0.2, 0) is 10.1 Å². The van der Waals surface area contributed by atoms with Crippen molar-refractivity contribution < 1.29 is 13.0 Å². The Morgan fingerprint density at radius 2 is 1.75 bits per heavy atom. The standard InChI is InChI=1S/C6H6N2O3S/c7-8-5-1-3-6(4-2-5)12(9,10)11/h1-4,7H,(H,9,10,11). The molecule has 0 aliphatic rings. The Kier molecular flexibility index (Phi) is 2.20. The fourth-order valence-electron chi connectivity index (χ4n) is 0.693. The average molecular weight is 186 g/mol. The molecule has 6 heteroatoms. The number of rotatable bonds is 2. The summed E-state index contributed by atoms with van der Waals surface area (Å²) in [5, 5.41) is 3.07. The van der Waals surface area contributed by atoms with E-state index in [4.69, 9.17) is 10.1 Å². The second kappa shape index (κ2) is 3.00. The lowest BCUT2D eigenvalue weighted by atomic mass is 10.3. The van der Waals surface area contributed by atoms with Gasteiger partial charge in [-0.2, -0.15) is 13.5 Å². The number of nitrogens with one attached hydrogen (secondary N) is 1. The summed E-state index contributed by atoms with van der Waals surface area (Å²) in [4.78, 5) is -0.199. The fourth-order valence-corrected chi connectivity index (χ4v) is 1.17. The van der Waals surface area contributed by atoms with Gasteiger partial charge in [0.25, 0.3) is 10.1 Å². The number of benzene rings is 1. The first kappa shape index (κ1) is 8.82. The molecule has 2 N–H and O–H groups in total. The van der Waals surface area contributed by atoms with Gasteiger partial charge >= 0.3 is 0 Å². The Morgan fingerprint density at radius 1 is 1.25 bits per heavy atom. The van der Waals surface area contributed by atoms with Crippen LogP contribution < -0.4 is 0 Å². The van der Waals surface area contributed by atoms with Crippen molar-refractivity contribution in [1.29, 1.82) is 5.53 Å². The van der Waals surface area contributed by atoms with Gasteiger partial charge in [-0.1, -0.05) is 0 Å². The van der Waals surface area contributed by atoms with Gasteiger partial charge < -0.3 is 0 Å². The van der Waals surface area contributed by atoms with E-state index in [0.717, 1.165) is 0 Å². The largest absolute Gasteiger partial charge is 0.294 e. The van der Waals surface area contributed by atoms with Crippen LogP contribution in [0.25, 0.3) is 0 Å². The highest BCUT2D eigenvalue weighted by Crippen LogP contribution is 2.15. The highest BCUT2D eigenvalue weighted by Gasteiger charge is 2.07. The van der Waals surface area contributed by atoms with Crippen molar-refractivity contribution in [2.45, 2.75) is 4.90 Å². The Hall–Kier alpha value is -1.27. The maximum atomic E-state index is 10.5. The van der Waals surface area contributed by atoms with Gasteiger partial charge in [-0.3, -0.25) is 4.55 Å². The lowest BCUT2D eigenvalue weighted by Gasteiger charge is -1.95. The molecule has 0 amide bonds. The maximum absolute atomic E-state index is 10.5. The lowest BCUT2D eigenvalue weighted by molar-refractivity contribution is 0.483. The molecule has 0 spiro atoms. The fraction of sp³-hybridized carbons (Fsp3) is 0. The predicted molar refractivity (Wildman–Crippen MR) is 41.1 cm³/mol. The zero-order valence-corrected chi connectivity index (χ0v) is 6.75. The van der Waals surface area contributed by atoms with Gasteiger partial charge in [-0.15, -0.1) is 0 Å². The molecule has 0 bridgehead atoms. The number of hydrogen-bond donors (Lipinski definition) is 2. The second-order valence-corrected chi connectivity index (χ2v) is 3.50. The third-order valence-electron chi connectivity index (χ3n) is 1.26. The van der Waals surface area contributed by atoms with Crippen LogP contribution in [-0.4, -0.2) is 13.0 Å². The first-order valence-electron chi connectivity index (χ1n) is 2.99. The summed E-state index contributed by atoms with van der Waals surface area (Å²) in [5.74, 6) is 0. The quantitative estimate of drug-likeness (QED) is 0.542. The van der Waals surface area contributed by atoms with E-state index in [0.29, 0.717) is 5.69 Å². The zero-order valence-electron chi connectivity index (χ0n) is 5.93. The number of hydrogen-bond acceptors (Lipinski definition) is 4. The van der Waals surface area contributed by atoms with E-state index in [2.05, 4.69) is 5.11 Å². The molecule has 0 saturated heterocycles. The van der Waals surface area contributed by atoms with Crippen molar-refractivity contribution >= 4 is 15.8 Å². The van der Waals surface area contributed by atoms with Crippen LogP contribution in [0, 0.1) is 5.53 Å². The first-order chi connectivity index (χ1) is 5.54. The van der Waals surface area contributed by atoms with Crippen molar-refractivity contribution in [3.8, 4) is 0 Å². The van der Waals surface area contributed by atoms with E-state index < -0.39 is 10.1 Å². The Morgan fingerprint density at radius 3 is 2.08 bits per heavy atom. The van der Waals surface area contributed by atoms with Gasteiger partial charge in [0.1, 0.15) is 0 Å². The summed E-state index contributed by atoms with van der Waals surface area (Å²) in [6.07, 6.45) is 0. The lowest BCUT2D eigenvalue weighted by Crippen LogP contribution is -1.96. The molecule has 0 fully saturated rings. The first-order valence-corrected chi connectivity index (χ1v) is 4.43. The van der Waals surface area contributed by atoms with Gasteiger partial charge in [0.2, 0.25) is 0 Å². The van der Waals surface area contributed by atoms with E-state index in [1.165, 1.54) is 24.3 Å². The summed E-state index contributed by atoms with van der Waals surface area (Å²) in [6.45, 7) is 0. The van der Waals surface area contributed by atoms with Gasteiger partial charge in [0.05, 0.1) is 10.6 Å². The van der Waals surface area contributed by atoms with Crippen molar-refractivity contribution in [1.82, 2.24) is 0 Å². The molecule has 0 aliphatic carbocycles. The van der Waals surface area contributed by atoms with Gasteiger partial charge in [-0.05, 0) is 24.3 Å². The van der Waals surface area contributed by atoms with E-state index in [1.807, 2.05) is 0 Å². The maximum Gasteiger partial charge on any atom is 0.294 e. The van der Waals surface area contributed by atoms with Crippen LogP contribution in [0.1, 0.15) is 0 Å². The molecule has 1 rings (SSSR count). The number of nitrogens with zero attached hydrogens (tertiary/aromatic N) is 1. The molecule has 0 saturated carbocycles. The molecule has 0 aromatic heterocycles. The third kappa shape index (κ3) is 1.86. The highest BCUT2D eigenvalue weighted by molar-refractivity contribution is 7.85. The SMILES string of the molecule is N=Nc1ccc(S(=O)(=O)O)cc1. The van der Waals surface area contributed by atoms with Crippen LogP contribution in [0.15, 0.2) is 34.3 Å². The topological polar surface area (TPSA) is 90.6 Å². The Bertz CT molecular complexity index is 382. The molecule has 0 aliphatic heterocycles. The van der Waals surface area contributed by atoms with E-state index >= 15 is 0 Å². The molecule has 1 aromatic rings. The molecule has 1 aromatic carbocycles. The summed E-state index contributed by atoms with van der Waals surface area (Å²) >= 11 is 0. The zero-order chi connectivity index (χ0) is 9.19. The molecule has 0 atom stereocenters. The van der Waals surface area contributed by atoms with Crippen LogP contribution in [0.2, 0.25) is 0 Å². The summed E-state index contributed by atoms with van der Waals surface area (Å²) in [7, 11) is -4.13. The minimum atomic E-state index is -4.13. The summed E-state index contributed by atoms with van der Waals surface area (Å²) < 4.78 is 29.6. The van der Waals surface area contributed by atoms with Crippen molar-refractivity contribution in [2.24, 2.45) is 5.11 Å². The van der Waals surface area contributed by atoms with Gasteiger partial charge in [0, 0.05) is 0 Å². The van der Waals surface area contributed by atoms with Gasteiger partial charge in [-0.25, -0.2) is 5.53 Å². The average Bonchev–Trinajstić information content (AvgIpc) is 2.03. The smallest absolute Gasteiger partial charge is 0.282 e. The van der Waals surface area contributed by atoms with E-state index in [9.17, 15) is 8.42 Å². The summed E-state index contributed by atoms with van der Waals surface area (Å²) in [5.41, 5.74) is 6.92. The molecule has 5 nitrogen and oxygen atoms in total.